The Morgan fingerprint density at radius 3 is 2.38 bits per heavy atom. The second kappa shape index (κ2) is 12.1. The van der Waals surface area contributed by atoms with Gasteiger partial charge in [-0.1, -0.05) is 48.9 Å². The van der Waals surface area contributed by atoms with Crippen LogP contribution in [0.4, 0.5) is 0 Å². The van der Waals surface area contributed by atoms with E-state index in [0.29, 0.717) is 44.0 Å². The lowest BCUT2D eigenvalue weighted by molar-refractivity contribution is -0.141. The third-order valence-electron chi connectivity index (χ3n) is 4.55. The van der Waals surface area contributed by atoms with E-state index in [2.05, 4.69) is 5.32 Å². The maximum absolute atomic E-state index is 13.0. The smallest absolute Gasteiger partial charge is 0.242 e. The molecular formula is C23H29ClN2O3. The molecule has 0 aromatic heterocycles. The van der Waals surface area contributed by atoms with Gasteiger partial charge in [0.2, 0.25) is 11.8 Å². The van der Waals surface area contributed by atoms with Crippen molar-refractivity contribution in [1.82, 2.24) is 10.2 Å². The Morgan fingerprint density at radius 2 is 1.76 bits per heavy atom. The Hall–Kier alpha value is -2.53. The number of rotatable bonds is 11. The van der Waals surface area contributed by atoms with Crippen molar-refractivity contribution >= 4 is 23.4 Å². The predicted octanol–water partition coefficient (Wildman–Crippen LogP) is 4.44. The van der Waals surface area contributed by atoms with E-state index in [9.17, 15) is 9.59 Å². The Balaban J connectivity index is 1.98. The number of nitrogens with one attached hydrogen (secondary N) is 1. The lowest BCUT2D eigenvalue weighted by atomic mass is 10.1. The molecular weight excluding hydrogens is 388 g/mol. The average molecular weight is 417 g/mol. The molecule has 0 saturated heterocycles. The normalized spacial score (nSPS) is 11.6. The first-order valence-corrected chi connectivity index (χ1v) is 10.4. The Labute approximate surface area is 178 Å². The van der Waals surface area contributed by atoms with Crippen molar-refractivity contribution in [3.05, 3.63) is 65.2 Å². The highest BCUT2D eigenvalue weighted by Gasteiger charge is 2.27. The topological polar surface area (TPSA) is 58.6 Å². The number of halogens is 1. The summed E-state index contributed by atoms with van der Waals surface area (Å²) in [5, 5.41) is 3.50. The summed E-state index contributed by atoms with van der Waals surface area (Å²) >= 11 is 5.87. The van der Waals surface area contributed by atoms with Crippen molar-refractivity contribution in [3.8, 4) is 5.75 Å². The maximum Gasteiger partial charge on any atom is 0.242 e. The highest BCUT2D eigenvalue weighted by atomic mass is 35.5. The van der Waals surface area contributed by atoms with Crippen LogP contribution >= 0.6 is 11.6 Å². The SMILES string of the molecule is CCNC(=O)C(CC)N(Cc1ccccc1)C(=O)CCCOc1ccc(Cl)cc1. The third kappa shape index (κ3) is 7.42. The van der Waals surface area contributed by atoms with Crippen LogP contribution < -0.4 is 10.1 Å². The minimum absolute atomic E-state index is 0.0494. The van der Waals surface area contributed by atoms with Gasteiger partial charge in [-0.05, 0) is 49.6 Å². The number of benzene rings is 2. The van der Waals surface area contributed by atoms with Gasteiger partial charge in [0, 0.05) is 24.5 Å². The van der Waals surface area contributed by atoms with Crippen LogP contribution in [0.3, 0.4) is 0 Å². The standard InChI is InChI=1S/C23H29ClN2O3/c1-3-21(23(28)25-4-2)26(17-18-9-6-5-7-10-18)22(27)11-8-16-29-20-14-12-19(24)13-15-20/h5-7,9-10,12-15,21H,3-4,8,11,16-17H2,1-2H3,(H,25,28). The number of likely N-dealkylation sites (N-methyl/N-ethyl adjacent to an activating group) is 1. The number of amides is 2. The van der Waals surface area contributed by atoms with Gasteiger partial charge in [-0.2, -0.15) is 0 Å². The molecule has 5 nitrogen and oxygen atoms in total. The van der Waals surface area contributed by atoms with Crippen LogP contribution in [0.2, 0.25) is 5.02 Å². The molecule has 1 N–H and O–H groups in total. The lowest BCUT2D eigenvalue weighted by Gasteiger charge is -2.30. The highest BCUT2D eigenvalue weighted by molar-refractivity contribution is 6.30. The van der Waals surface area contributed by atoms with Crippen LogP contribution in [-0.2, 0) is 16.1 Å². The number of hydrogen-bond acceptors (Lipinski definition) is 3. The van der Waals surface area contributed by atoms with Crippen molar-refractivity contribution in [1.29, 1.82) is 0 Å². The molecule has 0 saturated carbocycles. The minimum atomic E-state index is -0.486. The van der Waals surface area contributed by atoms with Gasteiger partial charge >= 0.3 is 0 Å². The summed E-state index contributed by atoms with van der Waals surface area (Å²) in [6.45, 7) is 5.17. The molecule has 0 aliphatic carbocycles. The van der Waals surface area contributed by atoms with Gasteiger partial charge in [0.05, 0.1) is 6.61 Å². The van der Waals surface area contributed by atoms with Crippen molar-refractivity contribution in [2.24, 2.45) is 0 Å². The zero-order valence-electron chi connectivity index (χ0n) is 17.1. The lowest BCUT2D eigenvalue weighted by Crippen LogP contribution is -2.49. The fraction of sp³-hybridized carbons (Fsp3) is 0.391. The zero-order valence-corrected chi connectivity index (χ0v) is 17.8. The molecule has 0 bridgehead atoms. The zero-order chi connectivity index (χ0) is 21.1. The summed E-state index contributed by atoms with van der Waals surface area (Å²) in [7, 11) is 0. The van der Waals surface area contributed by atoms with Crippen LogP contribution in [0.25, 0.3) is 0 Å². The van der Waals surface area contributed by atoms with Crippen LogP contribution in [-0.4, -0.2) is 35.9 Å². The first-order chi connectivity index (χ1) is 14.0. The monoisotopic (exact) mass is 416 g/mol. The summed E-state index contributed by atoms with van der Waals surface area (Å²) in [4.78, 5) is 27.2. The number of hydrogen-bond donors (Lipinski definition) is 1. The quantitative estimate of drug-likeness (QED) is 0.551. The second-order valence-corrected chi connectivity index (χ2v) is 7.17. The molecule has 2 aromatic carbocycles. The van der Waals surface area contributed by atoms with Crippen LogP contribution in [0.5, 0.6) is 5.75 Å². The largest absolute Gasteiger partial charge is 0.494 e. The molecule has 0 aliphatic heterocycles. The van der Waals surface area contributed by atoms with Crippen molar-refractivity contribution < 1.29 is 14.3 Å². The molecule has 0 spiro atoms. The molecule has 1 unspecified atom stereocenters. The summed E-state index contributed by atoms with van der Waals surface area (Å²) in [5.41, 5.74) is 1.00. The van der Waals surface area contributed by atoms with Crippen LogP contribution in [0.1, 0.15) is 38.7 Å². The number of ether oxygens (including phenoxy) is 1. The second-order valence-electron chi connectivity index (χ2n) is 6.73. The van der Waals surface area contributed by atoms with Crippen molar-refractivity contribution in [3.63, 3.8) is 0 Å². The molecule has 156 valence electrons. The van der Waals surface area contributed by atoms with Crippen LogP contribution in [0.15, 0.2) is 54.6 Å². The highest BCUT2D eigenvalue weighted by Crippen LogP contribution is 2.17. The van der Waals surface area contributed by atoms with Gasteiger partial charge in [-0.3, -0.25) is 9.59 Å². The van der Waals surface area contributed by atoms with Gasteiger partial charge in [0.15, 0.2) is 0 Å². The summed E-state index contributed by atoms with van der Waals surface area (Å²) in [6, 6.07) is 16.4. The molecule has 2 rings (SSSR count). The van der Waals surface area contributed by atoms with Gasteiger partial charge < -0.3 is 15.0 Å². The molecule has 1 atom stereocenters. The molecule has 0 heterocycles. The molecule has 0 aliphatic rings. The summed E-state index contributed by atoms with van der Waals surface area (Å²) < 4.78 is 5.67. The van der Waals surface area contributed by atoms with E-state index in [1.807, 2.05) is 44.2 Å². The molecule has 6 heteroatoms. The van der Waals surface area contributed by atoms with Crippen molar-refractivity contribution in [2.45, 2.75) is 45.7 Å². The van der Waals surface area contributed by atoms with E-state index in [-0.39, 0.29) is 11.8 Å². The van der Waals surface area contributed by atoms with Crippen molar-refractivity contribution in [2.75, 3.05) is 13.2 Å². The van der Waals surface area contributed by atoms with E-state index in [1.54, 1.807) is 29.2 Å². The van der Waals surface area contributed by atoms with E-state index in [1.165, 1.54) is 0 Å². The minimum Gasteiger partial charge on any atom is -0.494 e. The number of carbonyl (C=O) groups excluding carboxylic acids is 2. The molecule has 0 fully saturated rings. The Bertz CT molecular complexity index is 765. The molecule has 2 amide bonds. The van der Waals surface area contributed by atoms with Gasteiger partial charge in [-0.25, -0.2) is 0 Å². The average Bonchev–Trinajstić information content (AvgIpc) is 2.73. The Kier molecular flexibility index (Phi) is 9.51. The molecule has 0 radical (unpaired) electrons. The van der Waals surface area contributed by atoms with Gasteiger partial charge in [-0.15, -0.1) is 0 Å². The van der Waals surface area contributed by atoms with E-state index >= 15 is 0 Å². The number of nitrogens with zero attached hydrogens (tertiary/aromatic N) is 1. The fourth-order valence-corrected chi connectivity index (χ4v) is 3.21. The molecule has 2 aromatic rings. The Morgan fingerprint density at radius 1 is 1.07 bits per heavy atom. The van der Waals surface area contributed by atoms with E-state index < -0.39 is 6.04 Å². The predicted molar refractivity (Wildman–Crippen MR) is 116 cm³/mol. The number of carbonyl (C=O) groups is 2. The van der Waals surface area contributed by atoms with Crippen LogP contribution in [0, 0.1) is 0 Å². The third-order valence-corrected chi connectivity index (χ3v) is 4.80. The fourth-order valence-electron chi connectivity index (χ4n) is 3.08. The summed E-state index contributed by atoms with van der Waals surface area (Å²) in [6.07, 6.45) is 1.45. The maximum atomic E-state index is 13.0. The molecule has 29 heavy (non-hydrogen) atoms. The first-order valence-electron chi connectivity index (χ1n) is 10.0. The first kappa shape index (κ1) is 22.8. The van der Waals surface area contributed by atoms with Gasteiger partial charge in [0.1, 0.15) is 11.8 Å². The van der Waals surface area contributed by atoms with E-state index in [0.717, 1.165) is 11.3 Å². The van der Waals surface area contributed by atoms with E-state index in [4.69, 9.17) is 16.3 Å². The summed E-state index contributed by atoms with van der Waals surface area (Å²) in [5.74, 6) is 0.556. The van der Waals surface area contributed by atoms with Gasteiger partial charge in [0.25, 0.3) is 0 Å².